The Morgan fingerprint density at radius 3 is 2.61 bits per heavy atom. The Hall–Kier alpha value is -2.53. The fourth-order valence-corrected chi connectivity index (χ4v) is 2.66. The van der Waals surface area contributed by atoms with Crippen molar-refractivity contribution in [3.63, 3.8) is 0 Å². The van der Waals surface area contributed by atoms with Gasteiger partial charge in [0.05, 0.1) is 0 Å². The molecule has 23 heavy (non-hydrogen) atoms. The Bertz CT molecular complexity index is 776. The standard InChI is InChI=1S/C17H15ClN2O3/c1-10(21)19-13-3-2-4-14(9-13)20-17(22)16-8-11-7-12(18)5-6-15(11)23-16/h2-7,9,16H,8H2,1H3,(H,19,21)(H,20,22)/t16-/m0/s1. The minimum absolute atomic E-state index is 0.167. The molecule has 118 valence electrons. The Labute approximate surface area is 138 Å². The van der Waals surface area contributed by atoms with Crippen LogP contribution in [0.2, 0.25) is 5.02 Å². The molecule has 1 atom stereocenters. The van der Waals surface area contributed by atoms with Crippen molar-refractivity contribution in [2.24, 2.45) is 0 Å². The molecular formula is C17H15ClN2O3. The fourth-order valence-electron chi connectivity index (χ4n) is 2.46. The van der Waals surface area contributed by atoms with Gasteiger partial charge in [0, 0.05) is 29.7 Å². The second-order valence-corrected chi connectivity index (χ2v) is 5.75. The number of amides is 2. The molecule has 1 aliphatic heterocycles. The molecule has 0 spiro atoms. The maximum absolute atomic E-state index is 12.3. The third kappa shape index (κ3) is 3.63. The maximum Gasteiger partial charge on any atom is 0.265 e. The molecule has 0 saturated carbocycles. The lowest BCUT2D eigenvalue weighted by Gasteiger charge is -2.12. The smallest absolute Gasteiger partial charge is 0.265 e. The summed E-state index contributed by atoms with van der Waals surface area (Å²) in [5.74, 6) is 0.277. The summed E-state index contributed by atoms with van der Waals surface area (Å²) in [6.07, 6.45) is -0.111. The molecule has 3 rings (SSSR count). The number of carbonyl (C=O) groups is 2. The summed E-state index contributed by atoms with van der Waals surface area (Å²) in [7, 11) is 0. The van der Waals surface area contributed by atoms with E-state index in [0.717, 1.165) is 5.56 Å². The van der Waals surface area contributed by atoms with Crippen molar-refractivity contribution in [1.29, 1.82) is 0 Å². The lowest BCUT2D eigenvalue weighted by molar-refractivity contribution is -0.122. The molecule has 0 fully saturated rings. The molecule has 5 nitrogen and oxygen atoms in total. The lowest BCUT2D eigenvalue weighted by atomic mass is 10.1. The highest BCUT2D eigenvalue weighted by molar-refractivity contribution is 6.30. The minimum Gasteiger partial charge on any atom is -0.480 e. The summed E-state index contributed by atoms with van der Waals surface area (Å²) < 4.78 is 5.65. The second-order valence-electron chi connectivity index (χ2n) is 5.31. The summed E-state index contributed by atoms with van der Waals surface area (Å²) in [5.41, 5.74) is 2.14. The van der Waals surface area contributed by atoms with E-state index in [0.29, 0.717) is 28.6 Å². The number of carbonyl (C=O) groups excluding carboxylic acids is 2. The van der Waals surface area contributed by atoms with Gasteiger partial charge in [0.15, 0.2) is 6.10 Å². The topological polar surface area (TPSA) is 67.4 Å². The molecule has 2 amide bonds. The van der Waals surface area contributed by atoms with E-state index in [-0.39, 0.29) is 11.8 Å². The van der Waals surface area contributed by atoms with Crippen LogP contribution in [0, 0.1) is 0 Å². The number of ether oxygens (including phenoxy) is 1. The zero-order chi connectivity index (χ0) is 16.4. The van der Waals surface area contributed by atoms with Gasteiger partial charge in [0.2, 0.25) is 5.91 Å². The fraction of sp³-hybridized carbons (Fsp3) is 0.176. The van der Waals surface area contributed by atoms with Crippen molar-refractivity contribution in [3.05, 3.63) is 53.1 Å². The number of benzene rings is 2. The van der Waals surface area contributed by atoms with Crippen LogP contribution in [0.25, 0.3) is 0 Å². The van der Waals surface area contributed by atoms with Crippen molar-refractivity contribution in [2.75, 3.05) is 10.6 Å². The predicted molar refractivity (Wildman–Crippen MR) is 88.9 cm³/mol. The van der Waals surface area contributed by atoms with Crippen LogP contribution < -0.4 is 15.4 Å². The normalized spacial score (nSPS) is 15.5. The molecule has 1 heterocycles. The summed E-state index contributed by atoms with van der Waals surface area (Å²) in [4.78, 5) is 23.4. The highest BCUT2D eigenvalue weighted by Gasteiger charge is 2.29. The van der Waals surface area contributed by atoms with Gasteiger partial charge in [0.1, 0.15) is 5.75 Å². The predicted octanol–water partition coefficient (Wildman–Crippen LogP) is 3.24. The summed E-state index contributed by atoms with van der Waals surface area (Å²) in [5, 5.41) is 6.09. The van der Waals surface area contributed by atoms with Crippen LogP contribution in [0.3, 0.4) is 0 Å². The first kappa shape index (κ1) is 15.4. The van der Waals surface area contributed by atoms with Gasteiger partial charge in [-0.15, -0.1) is 0 Å². The van der Waals surface area contributed by atoms with Gasteiger partial charge in [-0.05, 0) is 42.0 Å². The van der Waals surface area contributed by atoms with E-state index < -0.39 is 6.10 Å². The molecule has 0 aliphatic carbocycles. The molecule has 2 aromatic rings. The Morgan fingerprint density at radius 1 is 1.13 bits per heavy atom. The van der Waals surface area contributed by atoms with Gasteiger partial charge >= 0.3 is 0 Å². The highest BCUT2D eigenvalue weighted by Crippen LogP contribution is 2.31. The number of anilines is 2. The van der Waals surface area contributed by atoms with E-state index in [1.54, 1.807) is 36.4 Å². The van der Waals surface area contributed by atoms with Crippen LogP contribution in [-0.2, 0) is 16.0 Å². The third-order valence-corrected chi connectivity index (χ3v) is 3.68. The van der Waals surface area contributed by atoms with Gasteiger partial charge in [0.25, 0.3) is 5.91 Å². The highest BCUT2D eigenvalue weighted by atomic mass is 35.5. The van der Waals surface area contributed by atoms with Crippen molar-refractivity contribution >= 4 is 34.8 Å². The Morgan fingerprint density at radius 2 is 1.87 bits per heavy atom. The van der Waals surface area contributed by atoms with E-state index in [9.17, 15) is 9.59 Å². The SMILES string of the molecule is CC(=O)Nc1cccc(NC(=O)[C@@H]2Cc3cc(Cl)ccc3O2)c1. The molecule has 0 saturated heterocycles. The number of nitrogens with one attached hydrogen (secondary N) is 2. The summed E-state index contributed by atoms with van der Waals surface area (Å²) in [6, 6.07) is 12.3. The molecule has 0 unspecified atom stereocenters. The van der Waals surface area contributed by atoms with E-state index in [1.165, 1.54) is 6.92 Å². The van der Waals surface area contributed by atoms with Gasteiger partial charge in [-0.25, -0.2) is 0 Å². The van der Waals surface area contributed by atoms with E-state index >= 15 is 0 Å². The van der Waals surface area contributed by atoms with Crippen molar-refractivity contribution in [3.8, 4) is 5.75 Å². The monoisotopic (exact) mass is 330 g/mol. The van der Waals surface area contributed by atoms with Gasteiger partial charge in [-0.3, -0.25) is 9.59 Å². The quantitative estimate of drug-likeness (QED) is 0.907. The molecule has 1 aliphatic rings. The van der Waals surface area contributed by atoms with Crippen LogP contribution in [-0.4, -0.2) is 17.9 Å². The summed E-state index contributed by atoms with van der Waals surface area (Å²) in [6.45, 7) is 1.43. The molecule has 2 aromatic carbocycles. The van der Waals surface area contributed by atoms with E-state index in [2.05, 4.69) is 10.6 Å². The average molecular weight is 331 g/mol. The molecule has 6 heteroatoms. The molecule has 2 N–H and O–H groups in total. The Kier molecular flexibility index (Phi) is 4.21. The van der Waals surface area contributed by atoms with Crippen molar-refractivity contribution < 1.29 is 14.3 Å². The number of fused-ring (bicyclic) bond motifs is 1. The minimum atomic E-state index is -0.590. The number of hydrogen-bond acceptors (Lipinski definition) is 3. The maximum atomic E-state index is 12.3. The first-order valence-corrected chi connectivity index (χ1v) is 7.52. The van der Waals surface area contributed by atoms with Gasteiger partial charge in [-0.2, -0.15) is 0 Å². The Balaban J connectivity index is 1.68. The second kappa shape index (κ2) is 6.30. The van der Waals surface area contributed by atoms with Crippen LogP contribution in [0.1, 0.15) is 12.5 Å². The summed E-state index contributed by atoms with van der Waals surface area (Å²) >= 11 is 5.95. The third-order valence-electron chi connectivity index (χ3n) is 3.44. The van der Waals surface area contributed by atoms with Gasteiger partial charge in [-0.1, -0.05) is 17.7 Å². The number of hydrogen-bond donors (Lipinski definition) is 2. The van der Waals surface area contributed by atoms with Crippen LogP contribution >= 0.6 is 11.6 Å². The molecular weight excluding hydrogens is 316 g/mol. The number of halogens is 1. The van der Waals surface area contributed by atoms with Gasteiger partial charge < -0.3 is 15.4 Å². The zero-order valence-electron chi connectivity index (χ0n) is 12.4. The molecule has 0 aromatic heterocycles. The van der Waals surface area contributed by atoms with Crippen LogP contribution in [0.4, 0.5) is 11.4 Å². The number of rotatable bonds is 3. The average Bonchev–Trinajstić information content (AvgIpc) is 2.90. The van der Waals surface area contributed by atoms with Crippen LogP contribution in [0.15, 0.2) is 42.5 Å². The largest absolute Gasteiger partial charge is 0.480 e. The van der Waals surface area contributed by atoms with Crippen LogP contribution in [0.5, 0.6) is 5.75 Å². The molecule has 0 bridgehead atoms. The first-order valence-electron chi connectivity index (χ1n) is 7.15. The van der Waals surface area contributed by atoms with E-state index in [1.807, 2.05) is 6.07 Å². The van der Waals surface area contributed by atoms with E-state index in [4.69, 9.17) is 16.3 Å². The van der Waals surface area contributed by atoms with Crippen molar-refractivity contribution in [1.82, 2.24) is 0 Å². The zero-order valence-corrected chi connectivity index (χ0v) is 13.2. The first-order chi connectivity index (χ1) is 11.0. The lowest BCUT2D eigenvalue weighted by Crippen LogP contribution is -2.31. The van der Waals surface area contributed by atoms with Crippen molar-refractivity contribution in [2.45, 2.75) is 19.4 Å². The molecule has 0 radical (unpaired) electrons.